The molecule has 0 amide bonds. The molecule has 3 rings (SSSR count). The van der Waals surface area contributed by atoms with Gasteiger partial charge in [0.1, 0.15) is 6.33 Å². The average molecular weight is 217 g/mol. The third-order valence-electron chi connectivity index (χ3n) is 3.23. The van der Waals surface area contributed by atoms with Gasteiger partial charge in [0.25, 0.3) is 0 Å². The van der Waals surface area contributed by atoms with Crippen LogP contribution >= 0.6 is 0 Å². The molecular weight excluding hydrogens is 202 g/mol. The topological polar surface area (TPSA) is 55.1 Å². The number of anilines is 1. The van der Waals surface area contributed by atoms with Crippen molar-refractivity contribution in [3.8, 4) is 0 Å². The Kier molecular flexibility index (Phi) is 2.23. The van der Waals surface area contributed by atoms with Crippen LogP contribution in [0, 0.1) is 11.8 Å². The zero-order valence-electron chi connectivity index (χ0n) is 9.30. The summed E-state index contributed by atoms with van der Waals surface area (Å²) >= 11 is 0. The lowest BCUT2D eigenvalue weighted by Gasteiger charge is -2.11. The van der Waals surface area contributed by atoms with Gasteiger partial charge in [0, 0.05) is 18.9 Å². The monoisotopic (exact) mass is 217 g/mol. The fourth-order valence-electron chi connectivity index (χ4n) is 1.97. The minimum atomic E-state index is 0.713. The van der Waals surface area contributed by atoms with Crippen molar-refractivity contribution >= 4 is 11.5 Å². The molecule has 1 saturated carbocycles. The van der Waals surface area contributed by atoms with Crippen LogP contribution in [0.3, 0.4) is 0 Å². The van der Waals surface area contributed by atoms with Crippen LogP contribution < -0.4 is 5.32 Å². The molecule has 1 N–H and O–H groups in total. The second kappa shape index (κ2) is 3.73. The van der Waals surface area contributed by atoms with Gasteiger partial charge in [-0.15, -0.1) is 10.2 Å². The van der Waals surface area contributed by atoms with Crippen LogP contribution in [0.15, 0.2) is 18.7 Å². The standard InChI is InChI=1S/C11H15N5/c1-8(9-2-3-9)6-13-10-11-15-14-7-16(11)5-4-12-10/h4-5,7-9H,2-3,6H2,1H3,(H,12,13). The molecule has 1 atom stereocenters. The van der Waals surface area contributed by atoms with Gasteiger partial charge in [0.2, 0.25) is 5.65 Å². The number of fused-ring (bicyclic) bond motifs is 1. The van der Waals surface area contributed by atoms with Crippen LogP contribution in [0.25, 0.3) is 5.65 Å². The SMILES string of the molecule is CC(CNc1nccn2cnnc12)C1CC1. The van der Waals surface area contributed by atoms with Crippen molar-refractivity contribution in [1.82, 2.24) is 19.6 Å². The third-order valence-corrected chi connectivity index (χ3v) is 3.23. The molecule has 1 aliphatic carbocycles. The van der Waals surface area contributed by atoms with Crippen LogP contribution in [0.5, 0.6) is 0 Å². The summed E-state index contributed by atoms with van der Waals surface area (Å²) in [5.74, 6) is 2.45. The summed E-state index contributed by atoms with van der Waals surface area (Å²) in [4.78, 5) is 4.30. The quantitative estimate of drug-likeness (QED) is 0.844. The van der Waals surface area contributed by atoms with Gasteiger partial charge in [-0.2, -0.15) is 0 Å². The molecule has 1 fully saturated rings. The fraction of sp³-hybridized carbons (Fsp3) is 0.545. The lowest BCUT2D eigenvalue weighted by molar-refractivity contribution is 0.536. The maximum absolute atomic E-state index is 4.30. The first-order chi connectivity index (χ1) is 7.84. The predicted octanol–water partition coefficient (Wildman–Crippen LogP) is 1.58. The van der Waals surface area contributed by atoms with Crippen LogP contribution in [-0.4, -0.2) is 26.1 Å². The molecule has 84 valence electrons. The van der Waals surface area contributed by atoms with Crippen molar-refractivity contribution in [2.45, 2.75) is 19.8 Å². The molecule has 2 aromatic rings. The van der Waals surface area contributed by atoms with Crippen molar-refractivity contribution in [1.29, 1.82) is 0 Å². The number of rotatable bonds is 4. The Morgan fingerprint density at radius 3 is 3.25 bits per heavy atom. The van der Waals surface area contributed by atoms with Crippen LogP contribution in [0.1, 0.15) is 19.8 Å². The molecule has 0 bridgehead atoms. The molecule has 0 aliphatic heterocycles. The van der Waals surface area contributed by atoms with E-state index in [9.17, 15) is 0 Å². The van der Waals surface area contributed by atoms with Gasteiger partial charge in [0.15, 0.2) is 5.82 Å². The number of hydrogen-bond donors (Lipinski definition) is 1. The molecule has 1 unspecified atom stereocenters. The number of nitrogens with one attached hydrogen (secondary N) is 1. The average Bonchev–Trinajstić information content (AvgIpc) is 3.04. The summed E-state index contributed by atoms with van der Waals surface area (Å²) in [7, 11) is 0. The molecule has 5 heteroatoms. The third kappa shape index (κ3) is 1.73. The van der Waals surface area contributed by atoms with Gasteiger partial charge < -0.3 is 5.32 Å². The Morgan fingerprint density at radius 1 is 1.56 bits per heavy atom. The first-order valence-electron chi connectivity index (χ1n) is 5.73. The summed E-state index contributed by atoms with van der Waals surface area (Å²) < 4.78 is 1.87. The molecule has 2 heterocycles. The highest BCUT2D eigenvalue weighted by Crippen LogP contribution is 2.36. The van der Waals surface area contributed by atoms with Crippen molar-refractivity contribution in [2.24, 2.45) is 11.8 Å². The molecule has 16 heavy (non-hydrogen) atoms. The summed E-state index contributed by atoms with van der Waals surface area (Å²) in [6.07, 6.45) is 8.06. The summed E-state index contributed by atoms with van der Waals surface area (Å²) in [6.45, 7) is 3.25. The zero-order chi connectivity index (χ0) is 11.0. The highest BCUT2D eigenvalue weighted by Gasteiger charge is 2.27. The first kappa shape index (κ1) is 9.57. The van der Waals surface area contributed by atoms with E-state index in [0.29, 0.717) is 5.92 Å². The second-order valence-electron chi connectivity index (χ2n) is 4.53. The lowest BCUT2D eigenvalue weighted by atomic mass is 10.1. The first-order valence-corrected chi connectivity index (χ1v) is 5.73. The highest BCUT2D eigenvalue weighted by molar-refractivity contribution is 5.61. The van der Waals surface area contributed by atoms with Crippen LogP contribution in [0.2, 0.25) is 0 Å². The maximum atomic E-state index is 4.30. The minimum Gasteiger partial charge on any atom is -0.367 e. The van der Waals surface area contributed by atoms with E-state index in [4.69, 9.17) is 0 Å². The summed E-state index contributed by atoms with van der Waals surface area (Å²) in [6, 6.07) is 0. The van der Waals surface area contributed by atoms with Gasteiger partial charge in [-0.3, -0.25) is 4.40 Å². The predicted molar refractivity (Wildman–Crippen MR) is 61.2 cm³/mol. The van der Waals surface area contributed by atoms with Gasteiger partial charge >= 0.3 is 0 Å². The Labute approximate surface area is 93.9 Å². The van der Waals surface area contributed by atoms with E-state index < -0.39 is 0 Å². The number of aromatic nitrogens is 4. The van der Waals surface area contributed by atoms with E-state index in [1.54, 1.807) is 12.5 Å². The van der Waals surface area contributed by atoms with E-state index in [1.165, 1.54) is 12.8 Å². The van der Waals surface area contributed by atoms with Crippen molar-refractivity contribution in [3.63, 3.8) is 0 Å². The Bertz CT molecular complexity index is 488. The van der Waals surface area contributed by atoms with E-state index in [0.717, 1.165) is 23.9 Å². The van der Waals surface area contributed by atoms with Crippen molar-refractivity contribution in [3.05, 3.63) is 18.7 Å². The van der Waals surface area contributed by atoms with E-state index in [1.807, 2.05) is 10.6 Å². The lowest BCUT2D eigenvalue weighted by Crippen LogP contribution is -2.14. The van der Waals surface area contributed by atoms with Crippen LogP contribution in [0.4, 0.5) is 5.82 Å². The fourth-order valence-corrected chi connectivity index (χ4v) is 1.97. The molecule has 2 aromatic heterocycles. The van der Waals surface area contributed by atoms with E-state index >= 15 is 0 Å². The Hall–Kier alpha value is -1.65. The van der Waals surface area contributed by atoms with Gasteiger partial charge in [-0.1, -0.05) is 6.92 Å². The van der Waals surface area contributed by atoms with Gasteiger partial charge in [-0.25, -0.2) is 4.98 Å². The maximum Gasteiger partial charge on any atom is 0.203 e. The highest BCUT2D eigenvalue weighted by atomic mass is 15.2. The van der Waals surface area contributed by atoms with Crippen LogP contribution in [-0.2, 0) is 0 Å². The largest absolute Gasteiger partial charge is 0.367 e. The number of nitrogens with zero attached hydrogens (tertiary/aromatic N) is 4. The molecular formula is C11H15N5. The molecule has 5 nitrogen and oxygen atoms in total. The smallest absolute Gasteiger partial charge is 0.203 e. The normalized spacial score (nSPS) is 17.6. The zero-order valence-corrected chi connectivity index (χ0v) is 9.30. The molecule has 0 aromatic carbocycles. The summed E-state index contributed by atoms with van der Waals surface area (Å²) in [5.41, 5.74) is 0.797. The minimum absolute atomic E-state index is 0.713. The Balaban J connectivity index is 1.75. The van der Waals surface area contributed by atoms with E-state index in [-0.39, 0.29) is 0 Å². The number of hydrogen-bond acceptors (Lipinski definition) is 4. The molecule has 1 aliphatic rings. The van der Waals surface area contributed by atoms with Gasteiger partial charge in [-0.05, 0) is 24.7 Å². The second-order valence-corrected chi connectivity index (χ2v) is 4.53. The van der Waals surface area contributed by atoms with Crippen molar-refractivity contribution < 1.29 is 0 Å². The van der Waals surface area contributed by atoms with E-state index in [2.05, 4.69) is 27.4 Å². The summed E-state index contributed by atoms with van der Waals surface area (Å²) in [5, 5.41) is 11.3. The molecule has 0 radical (unpaired) electrons. The van der Waals surface area contributed by atoms with Gasteiger partial charge in [0.05, 0.1) is 0 Å². The molecule has 0 saturated heterocycles. The Morgan fingerprint density at radius 2 is 2.44 bits per heavy atom. The van der Waals surface area contributed by atoms with Crippen molar-refractivity contribution in [2.75, 3.05) is 11.9 Å². The molecule has 0 spiro atoms.